The number of rotatable bonds is 6. The first-order chi connectivity index (χ1) is 9.19. The summed E-state index contributed by atoms with van der Waals surface area (Å²) in [5.74, 6) is 0.523. The fourth-order valence-corrected chi connectivity index (χ4v) is 2.85. The van der Waals surface area contributed by atoms with E-state index in [-0.39, 0.29) is 5.82 Å². The van der Waals surface area contributed by atoms with Gasteiger partial charge in [0.25, 0.3) is 0 Å². The molecule has 0 spiro atoms. The van der Waals surface area contributed by atoms with Gasteiger partial charge in [0.05, 0.1) is 0 Å². The summed E-state index contributed by atoms with van der Waals surface area (Å²) < 4.78 is 18.6. The number of ether oxygens (including phenoxy) is 1. The third-order valence-corrected chi connectivity index (χ3v) is 3.91. The average Bonchev–Trinajstić information content (AvgIpc) is 2.86. The molecular formula is C16H24FNO. The summed E-state index contributed by atoms with van der Waals surface area (Å²) in [7, 11) is 0. The van der Waals surface area contributed by atoms with Crippen LogP contribution in [0.1, 0.15) is 30.9 Å². The van der Waals surface area contributed by atoms with Gasteiger partial charge in [0.1, 0.15) is 5.82 Å². The van der Waals surface area contributed by atoms with Crippen molar-refractivity contribution in [2.45, 2.75) is 39.2 Å². The maximum atomic E-state index is 13.1. The van der Waals surface area contributed by atoms with Gasteiger partial charge in [0.2, 0.25) is 0 Å². The molecule has 3 heteroatoms. The lowest BCUT2D eigenvalue weighted by atomic mass is 9.93. The highest BCUT2D eigenvalue weighted by atomic mass is 19.1. The van der Waals surface area contributed by atoms with Crippen LogP contribution >= 0.6 is 0 Å². The van der Waals surface area contributed by atoms with Crippen molar-refractivity contribution in [3.8, 4) is 0 Å². The number of aryl methyl sites for hydroxylation is 1. The van der Waals surface area contributed by atoms with Crippen LogP contribution in [0.2, 0.25) is 0 Å². The lowest BCUT2D eigenvalue weighted by Gasteiger charge is -2.21. The predicted octanol–water partition coefficient (Wildman–Crippen LogP) is 3.08. The minimum Gasteiger partial charge on any atom is -0.381 e. The van der Waals surface area contributed by atoms with Crippen LogP contribution in [0.5, 0.6) is 0 Å². The van der Waals surface area contributed by atoms with Crippen molar-refractivity contribution in [1.29, 1.82) is 0 Å². The highest BCUT2D eigenvalue weighted by Crippen LogP contribution is 2.21. The van der Waals surface area contributed by atoms with Crippen molar-refractivity contribution in [2.24, 2.45) is 5.92 Å². The minimum atomic E-state index is -0.148. The Morgan fingerprint density at radius 1 is 1.47 bits per heavy atom. The van der Waals surface area contributed by atoms with Crippen molar-refractivity contribution >= 4 is 0 Å². The molecule has 0 radical (unpaired) electrons. The highest BCUT2D eigenvalue weighted by molar-refractivity contribution is 5.27. The average molecular weight is 265 g/mol. The molecule has 2 nitrogen and oxygen atoms in total. The Kier molecular flexibility index (Phi) is 5.34. The second kappa shape index (κ2) is 7.01. The lowest BCUT2D eigenvalue weighted by Crippen LogP contribution is -2.33. The summed E-state index contributed by atoms with van der Waals surface area (Å²) in [4.78, 5) is 0. The van der Waals surface area contributed by atoms with E-state index in [1.165, 1.54) is 12.0 Å². The fourth-order valence-electron chi connectivity index (χ4n) is 2.85. The third kappa shape index (κ3) is 4.29. The summed E-state index contributed by atoms with van der Waals surface area (Å²) in [5.41, 5.74) is 2.29. The Labute approximate surface area is 115 Å². The van der Waals surface area contributed by atoms with Crippen molar-refractivity contribution in [1.82, 2.24) is 5.32 Å². The molecule has 1 aliphatic rings. The monoisotopic (exact) mass is 265 g/mol. The van der Waals surface area contributed by atoms with Gasteiger partial charge >= 0.3 is 0 Å². The molecule has 0 amide bonds. The molecule has 2 unspecified atom stereocenters. The molecule has 1 fully saturated rings. The zero-order valence-electron chi connectivity index (χ0n) is 11.9. The number of halogens is 1. The Bertz CT molecular complexity index is 402. The van der Waals surface area contributed by atoms with Gasteiger partial charge in [0, 0.05) is 19.3 Å². The maximum Gasteiger partial charge on any atom is 0.123 e. The van der Waals surface area contributed by atoms with Gasteiger partial charge in [-0.05, 0) is 61.9 Å². The summed E-state index contributed by atoms with van der Waals surface area (Å²) in [6, 6.07) is 5.56. The molecule has 1 heterocycles. The summed E-state index contributed by atoms with van der Waals surface area (Å²) in [5, 5.41) is 3.55. The Hall–Kier alpha value is -0.930. The van der Waals surface area contributed by atoms with E-state index in [9.17, 15) is 4.39 Å². The highest BCUT2D eigenvalue weighted by Gasteiger charge is 2.20. The van der Waals surface area contributed by atoms with Gasteiger partial charge in [-0.3, -0.25) is 0 Å². The second-order valence-electron chi connectivity index (χ2n) is 5.49. The van der Waals surface area contributed by atoms with Crippen LogP contribution in [0.15, 0.2) is 18.2 Å². The maximum absolute atomic E-state index is 13.1. The van der Waals surface area contributed by atoms with Crippen molar-refractivity contribution < 1.29 is 9.13 Å². The molecule has 1 saturated heterocycles. The molecule has 2 rings (SSSR count). The number of benzene rings is 1. The molecule has 2 atom stereocenters. The summed E-state index contributed by atoms with van der Waals surface area (Å²) in [6.07, 6.45) is 3.28. The fraction of sp³-hybridized carbons (Fsp3) is 0.625. The molecule has 1 aromatic carbocycles. The van der Waals surface area contributed by atoms with Crippen LogP contribution in [0.25, 0.3) is 0 Å². The van der Waals surface area contributed by atoms with Crippen LogP contribution in [0, 0.1) is 18.7 Å². The SMILES string of the molecule is CCNC(Cc1ccc(F)cc1C)CC1CCOC1. The molecule has 19 heavy (non-hydrogen) atoms. The molecule has 106 valence electrons. The van der Waals surface area contributed by atoms with Crippen molar-refractivity contribution in [2.75, 3.05) is 19.8 Å². The van der Waals surface area contributed by atoms with E-state index in [1.54, 1.807) is 12.1 Å². The standard InChI is InChI=1S/C16H24FNO/c1-3-18-16(9-13-6-7-19-11-13)10-14-4-5-15(17)8-12(14)2/h4-5,8,13,16,18H,3,6-7,9-11H2,1-2H3. The van der Waals surface area contributed by atoms with E-state index in [2.05, 4.69) is 12.2 Å². The van der Waals surface area contributed by atoms with Gasteiger partial charge in [-0.25, -0.2) is 4.39 Å². The first kappa shape index (κ1) is 14.5. The first-order valence-corrected chi connectivity index (χ1v) is 7.25. The second-order valence-corrected chi connectivity index (χ2v) is 5.49. The van der Waals surface area contributed by atoms with Gasteiger partial charge in [-0.15, -0.1) is 0 Å². The zero-order chi connectivity index (χ0) is 13.7. The predicted molar refractivity (Wildman–Crippen MR) is 75.8 cm³/mol. The van der Waals surface area contributed by atoms with Crippen molar-refractivity contribution in [3.05, 3.63) is 35.1 Å². The summed E-state index contributed by atoms with van der Waals surface area (Å²) in [6.45, 7) is 6.89. The Balaban J connectivity index is 1.98. The molecule has 0 bridgehead atoms. The largest absolute Gasteiger partial charge is 0.381 e. The van der Waals surface area contributed by atoms with Crippen LogP contribution in [0.3, 0.4) is 0 Å². The van der Waals surface area contributed by atoms with E-state index in [4.69, 9.17) is 4.74 Å². The van der Waals surface area contributed by atoms with E-state index in [1.807, 2.05) is 13.0 Å². The number of hydrogen-bond acceptors (Lipinski definition) is 2. The minimum absolute atomic E-state index is 0.148. The van der Waals surface area contributed by atoms with Gasteiger partial charge in [0.15, 0.2) is 0 Å². The van der Waals surface area contributed by atoms with Crippen LogP contribution in [-0.4, -0.2) is 25.8 Å². The van der Waals surface area contributed by atoms with E-state index < -0.39 is 0 Å². The van der Waals surface area contributed by atoms with Crippen LogP contribution in [-0.2, 0) is 11.2 Å². The van der Waals surface area contributed by atoms with Gasteiger partial charge in [-0.2, -0.15) is 0 Å². The molecule has 0 aliphatic carbocycles. The molecular weight excluding hydrogens is 241 g/mol. The molecule has 1 aromatic rings. The van der Waals surface area contributed by atoms with Crippen LogP contribution in [0.4, 0.5) is 4.39 Å². The van der Waals surface area contributed by atoms with Gasteiger partial charge < -0.3 is 10.1 Å². The summed E-state index contributed by atoms with van der Waals surface area (Å²) >= 11 is 0. The lowest BCUT2D eigenvalue weighted by molar-refractivity contribution is 0.181. The molecule has 1 N–H and O–H groups in total. The Morgan fingerprint density at radius 2 is 2.32 bits per heavy atom. The molecule has 0 saturated carbocycles. The van der Waals surface area contributed by atoms with E-state index in [0.29, 0.717) is 12.0 Å². The number of nitrogens with one attached hydrogen (secondary N) is 1. The first-order valence-electron chi connectivity index (χ1n) is 7.25. The zero-order valence-corrected chi connectivity index (χ0v) is 11.9. The Morgan fingerprint density at radius 3 is 2.95 bits per heavy atom. The van der Waals surface area contributed by atoms with E-state index in [0.717, 1.165) is 38.2 Å². The number of likely N-dealkylation sites (N-methyl/N-ethyl adjacent to an activating group) is 1. The quantitative estimate of drug-likeness (QED) is 0.853. The molecule has 1 aliphatic heterocycles. The normalized spacial score (nSPS) is 20.7. The number of hydrogen-bond donors (Lipinski definition) is 1. The van der Waals surface area contributed by atoms with E-state index >= 15 is 0 Å². The smallest absolute Gasteiger partial charge is 0.123 e. The topological polar surface area (TPSA) is 21.3 Å². The molecule has 0 aromatic heterocycles. The third-order valence-electron chi connectivity index (χ3n) is 3.91. The van der Waals surface area contributed by atoms with Gasteiger partial charge in [-0.1, -0.05) is 13.0 Å². The van der Waals surface area contributed by atoms with Crippen LogP contribution < -0.4 is 5.32 Å². The van der Waals surface area contributed by atoms with Crippen molar-refractivity contribution in [3.63, 3.8) is 0 Å².